The minimum absolute atomic E-state index is 0.156. The predicted molar refractivity (Wildman–Crippen MR) is 115 cm³/mol. The van der Waals surface area contributed by atoms with E-state index in [9.17, 15) is 19.2 Å². The Hall–Kier alpha value is -2.00. The molecule has 1 N–H and O–H groups in total. The largest absolute Gasteiger partial charge is 0.425 e. The number of nitrogens with one attached hydrogen (secondary N) is 1. The van der Waals surface area contributed by atoms with Crippen molar-refractivity contribution in [2.75, 3.05) is 0 Å². The first-order valence-corrected chi connectivity index (χ1v) is 11.5. The molecule has 3 fully saturated rings. The fourth-order valence-electron chi connectivity index (χ4n) is 4.64. The number of benzene rings is 1. The van der Waals surface area contributed by atoms with E-state index in [1.807, 2.05) is 0 Å². The van der Waals surface area contributed by atoms with E-state index in [-0.39, 0.29) is 23.8 Å². The van der Waals surface area contributed by atoms with Crippen LogP contribution in [-0.2, 0) is 14.4 Å². The van der Waals surface area contributed by atoms with Gasteiger partial charge in [0, 0.05) is 22.5 Å². The quantitative estimate of drug-likeness (QED) is 0.268. The molecule has 158 valence electrons. The van der Waals surface area contributed by atoms with Crippen molar-refractivity contribution in [3.8, 4) is 5.75 Å². The van der Waals surface area contributed by atoms with Crippen molar-refractivity contribution in [1.82, 2.24) is 10.2 Å². The number of hydrogen-bond donors (Lipinski definition) is 1. The lowest BCUT2D eigenvalue weighted by Crippen LogP contribution is -2.58. The molecule has 1 saturated heterocycles. The second-order valence-corrected chi connectivity index (χ2v) is 9.64. The van der Waals surface area contributed by atoms with E-state index in [0.717, 1.165) is 25.7 Å². The number of carbonyl (C=O) groups is 4. The molecule has 1 aromatic rings. The summed E-state index contributed by atoms with van der Waals surface area (Å²) in [4.78, 5) is 51.3. The molecule has 9 heteroatoms. The van der Waals surface area contributed by atoms with Gasteiger partial charge in [0.1, 0.15) is 5.57 Å². The summed E-state index contributed by atoms with van der Waals surface area (Å²) in [6, 6.07) is 2.51. The van der Waals surface area contributed by atoms with Crippen LogP contribution in [0, 0.1) is 11.8 Å². The van der Waals surface area contributed by atoms with Gasteiger partial charge in [-0.3, -0.25) is 24.6 Å². The molecule has 4 amide bonds. The second-order valence-electron chi connectivity index (χ2n) is 7.87. The van der Waals surface area contributed by atoms with Crippen LogP contribution in [0.2, 0.25) is 0 Å². The Morgan fingerprint density at radius 2 is 2.00 bits per heavy atom. The highest BCUT2D eigenvalue weighted by Crippen LogP contribution is 2.47. The molecule has 30 heavy (non-hydrogen) atoms. The van der Waals surface area contributed by atoms with Crippen molar-refractivity contribution in [1.29, 1.82) is 0 Å². The summed E-state index contributed by atoms with van der Waals surface area (Å²) >= 11 is 6.73. The van der Waals surface area contributed by atoms with Crippen LogP contribution in [0.25, 0.3) is 6.08 Å². The van der Waals surface area contributed by atoms with E-state index in [1.54, 1.807) is 19.1 Å². The van der Waals surface area contributed by atoms with Gasteiger partial charge in [-0.15, -0.1) is 0 Å². The van der Waals surface area contributed by atoms with Gasteiger partial charge in [-0.05, 0) is 65.2 Å². The number of imide groups is 2. The summed E-state index contributed by atoms with van der Waals surface area (Å²) in [5.74, 6) is -0.775. The average Bonchev–Trinajstić information content (AvgIpc) is 3.30. The molecule has 1 aliphatic heterocycles. The van der Waals surface area contributed by atoms with Gasteiger partial charge in [-0.25, -0.2) is 4.79 Å². The van der Waals surface area contributed by atoms with Crippen LogP contribution in [0.1, 0.15) is 44.6 Å². The SMILES string of the molecule is CCC(=O)Oc1c(Br)cc(Br)cc1/C=C1/C(=O)NC(=O)N([C@H]2C[C@H]3CC[C@H]2C3)C1=O. The normalized spacial score (nSPS) is 27.0. The number of rotatable bonds is 4. The van der Waals surface area contributed by atoms with Gasteiger partial charge in [0.2, 0.25) is 0 Å². The first kappa shape index (κ1) is 21.2. The van der Waals surface area contributed by atoms with Crippen LogP contribution < -0.4 is 10.1 Å². The summed E-state index contributed by atoms with van der Waals surface area (Å²) in [5, 5.41) is 2.29. The molecule has 0 aromatic heterocycles. The number of nitrogens with zero attached hydrogens (tertiary/aromatic N) is 1. The zero-order valence-electron chi connectivity index (χ0n) is 16.2. The number of halogens is 2. The highest BCUT2D eigenvalue weighted by Gasteiger charge is 2.49. The number of fused-ring (bicyclic) bond motifs is 2. The van der Waals surface area contributed by atoms with Gasteiger partial charge in [0.15, 0.2) is 5.75 Å². The molecule has 2 saturated carbocycles. The zero-order valence-corrected chi connectivity index (χ0v) is 19.4. The van der Waals surface area contributed by atoms with E-state index < -0.39 is 23.8 Å². The summed E-state index contributed by atoms with van der Waals surface area (Å²) in [5.41, 5.74) is 0.218. The van der Waals surface area contributed by atoms with Crippen LogP contribution in [0.5, 0.6) is 5.75 Å². The summed E-state index contributed by atoms with van der Waals surface area (Å²) < 4.78 is 6.57. The molecule has 1 heterocycles. The number of barbiturate groups is 1. The van der Waals surface area contributed by atoms with Crippen molar-refractivity contribution in [2.24, 2.45) is 11.8 Å². The maximum Gasteiger partial charge on any atom is 0.331 e. The maximum atomic E-state index is 13.2. The molecule has 3 aliphatic rings. The average molecular weight is 540 g/mol. The third-order valence-electron chi connectivity index (χ3n) is 6.01. The molecule has 0 spiro atoms. The second kappa shape index (κ2) is 8.26. The Morgan fingerprint density at radius 1 is 1.23 bits per heavy atom. The lowest BCUT2D eigenvalue weighted by atomic mass is 9.93. The van der Waals surface area contributed by atoms with Crippen molar-refractivity contribution >= 4 is 61.8 Å². The summed E-state index contributed by atoms with van der Waals surface area (Å²) in [6.45, 7) is 1.67. The Kier molecular flexibility index (Phi) is 5.85. The number of amides is 4. The van der Waals surface area contributed by atoms with Crippen LogP contribution in [0.4, 0.5) is 4.79 Å². The molecule has 4 rings (SSSR count). The minimum atomic E-state index is -0.756. The fraction of sp³-hybridized carbons (Fsp3) is 0.429. The lowest BCUT2D eigenvalue weighted by molar-refractivity contribution is -0.134. The molecule has 7 nitrogen and oxygen atoms in total. The number of urea groups is 1. The predicted octanol–water partition coefficient (Wildman–Crippen LogP) is 4.18. The number of ether oxygens (including phenoxy) is 1. The Balaban J connectivity index is 1.72. The van der Waals surface area contributed by atoms with Crippen LogP contribution in [0.15, 0.2) is 26.7 Å². The molecule has 0 radical (unpaired) electrons. The van der Waals surface area contributed by atoms with Crippen molar-refractivity contribution in [2.45, 2.75) is 45.1 Å². The molecule has 1 aromatic carbocycles. The standard InChI is InChI=1S/C21H20Br2N2O5/c1-2-17(26)30-18-12(7-13(22)9-15(18)23)8-14-19(27)24-21(29)25(20(14)28)16-6-10-3-4-11(16)5-10/h7-11,16H,2-6H2,1H3,(H,24,27,29)/b14-8-/t10-,11-,16-/m0/s1. The van der Waals surface area contributed by atoms with Crippen molar-refractivity contribution < 1.29 is 23.9 Å². The smallest absolute Gasteiger partial charge is 0.331 e. The van der Waals surface area contributed by atoms with Crippen molar-refractivity contribution in [3.05, 3.63) is 32.2 Å². The summed E-state index contributed by atoms with van der Waals surface area (Å²) in [7, 11) is 0. The summed E-state index contributed by atoms with van der Waals surface area (Å²) in [6.07, 6.45) is 5.47. The van der Waals surface area contributed by atoms with Crippen LogP contribution in [-0.4, -0.2) is 34.8 Å². The van der Waals surface area contributed by atoms with E-state index in [2.05, 4.69) is 37.2 Å². The minimum Gasteiger partial charge on any atom is -0.425 e. The Morgan fingerprint density at radius 3 is 2.63 bits per heavy atom. The van der Waals surface area contributed by atoms with Gasteiger partial charge in [0.05, 0.1) is 4.47 Å². The molecule has 2 aliphatic carbocycles. The number of esters is 1. The molecular weight excluding hydrogens is 520 g/mol. The number of hydrogen-bond acceptors (Lipinski definition) is 5. The monoisotopic (exact) mass is 538 g/mol. The Labute approximate surface area is 190 Å². The first-order valence-electron chi connectivity index (χ1n) is 9.88. The zero-order chi connectivity index (χ0) is 21.6. The highest BCUT2D eigenvalue weighted by atomic mass is 79.9. The highest BCUT2D eigenvalue weighted by molar-refractivity contribution is 9.11. The molecule has 2 bridgehead atoms. The van der Waals surface area contributed by atoms with Gasteiger partial charge in [-0.2, -0.15) is 0 Å². The van der Waals surface area contributed by atoms with Gasteiger partial charge in [0.25, 0.3) is 11.8 Å². The van der Waals surface area contributed by atoms with E-state index in [4.69, 9.17) is 4.74 Å². The van der Waals surface area contributed by atoms with Gasteiger partial charge < -0.3 is 4.74 Å². The lowest BCUT2D eigenvalue weighted by Gasteiger charge is -2.35. The molecular formula is C21H20Br2N2O5. The molecule has 0 unspecified atom stereocenters. The Bertz CT molecular complexity index is 990. The van der Waals surface area contributed by atoms with E-state index in [1.165, 1.54) is 11.0 Å². The van der Waals surface area contributed by atoms with Gasteiger partial charge >= 0.3 is 12.0 Å². The first-order chi connectivity index (χ1) is 14.3. The van der Waals surface area contributed by atoms with Crippen molar-refractivity contribution in [3.63, 3.8) is 0 Å². The van der Waals surface area contributed by atoms with Gasteiger partial charge in [-0.1, -0.05) is 29.3 Å². The third-order valence-corrected chi connectivity index (χ3v) is 7.05. The van der Waals surface area contributed by atoms with Crippen LogP contribution in [0.3, 0.4) is 0 Å². The topological polar surface area (TPSA) is 92.8 Å². The fourth-order valence-corrected chi connectivity index (χ4v) is 5.98. The van der Waals surface area contributed by atoms with E-state index in [0.29, 0.717) is 26.3 Å². The van der Waals surface area contributed by atoms with E-state index >= 15 is 0 Å². The van der Waals surface area contributed by atoms with Crippen LogP contribution >= 0.6 is 31.9 Å². The molecule has 3 atom stereocenters. The maximum absolute atomic E-state index is 13.2. The number of carbonyl (C=O) groups excluding carboxylic acids is 4. The third kappa shape index (κ3) is 3.85.